The van der Waals surface area contributed by atoms with Crippen molar-refractivity contribution in [2.45, 2.75) is 6.18 Å². The van der Waals surface area contributed by atoms with E-state index in [1.165, 1.54) is 0 Å². The van der Waals surface area contributed by atoms with Crippen molar-refractivity contribution in [3.8, 4) is 0 Å². The van der Waals surface area contributed by atoms with E-state index < -0.39 is 41.5 Å². The Morgan fingerprint density at radius 1 is 1.22 bits per heavy atom. The number of benzene rings is 1. The second kappa shape index (κ2) is 3.94. The van der Waals surface area contributed by atoms with E-state index in [9.17, 15) is 27.2 Å². The van der Waals surface area contributed by atoms with Crippen molar-refractivity contribution in [1.29, 1.82) is 0 Å². The van der Waals surface area contributed by atoms with Gasteiger partial charge in [-0.3, -0.25) is 14.5 Å². The minimum absolute atomic E-state index is 0.0544. The molecule has 0 bridgehead atoms. The van der Waals surface area contributed by atoms with Crippen molar-refractivity contribution in [2.75, 3.05) is 11.4 Å². The van der Waals surface area contributed by atoms with Crippen LogP contribution in [0.4, 0.5) is 23.2 Å². The molecule has 96 valence electrons. The van der Waals surface area contributed by atoms with Gasteiger partial charge in [-0.2, -0.15) is 13.2 Å². The van der Waals surface area contributed by atoms with Gasteiger partial charge in [-0.15, -0.1) is 0 Å². The molecule has 0 aliphatic carbocycles. The SMILES string of the molecule is O=C1C(=O)N(CC(F)(F)F)c2c(F)ccc(Cl)c21. The average Bonchev–Trinajstić information content (AvgIpc) is 2.48. The number of carbonyl (C=O) groups excluding carboxylic acids is 2. The van der Waals surface area contributed by atoms with Gasteiger partial charge in [0.15, 0.2) is 0 Å². The lowest BCUT2D eigenvalue weighted by Gasteiger charge is -2.18. The van der Waals surface area contributed by atoms with E-state index in [4.69, 9.17) is 11.6 Å². The molecule has 1 heterocycles. The van der Waals surface area contributed by atoms with Crippen molar-refractivity contribution in [3.05, 3.63) is 28.5 Å². The van der Waals surface area contributed by atoms with Crippen LogP contribution >= 0.6 is 11.6 Å². The fourth-order valence-corrected chi connectivity index (χ4v) is 1.92. The summed E-state index contributed by atoms with van der Waals surface area (Å²) in [4.78, 5) is 22.9. The molecule has 1 aliphatic heterocycles. The molecule has 0 aromatic heterocycles. The number of Topliss-reactive ketones (excluding diaryl/α,β-unsaturated/α-hetero) is 1. The summed E-state index contributed by atoms with van der Waals surface area (Å²) in [5.74, 6) is -3.77. The van der Waals surface area contributed by atoms with Crippen LogP contribution in [0.3, 0.4) is 0 Å². The molecule has 0 saturated heterocycles. The molecule has 0 radical (unpaired) electrons. The summed E-state index contributed by atoms with van der Waals surface area (Å²) >= 11 is 5.59. The zero-order valence-corrected chi connectivity index (χ0v) is 9.27. The van der Waals surface area contributed by atoms with Gasteiger partial charge in [0.2, 0.25) is 0 Å². The zero-order chi connectivity index (χ0) is 13.7. The summed E-state index contributed by atoms with van der Waals surface area (Å²) in [6.07, 6.45) is -4.74. The highest BCUT2D eigenvalue weighted by Crippen LogP contribution is 2.37. The molecule has 18 heavy (non-hydrogen) atoms. The molecule has 0 unspecified atom stereocenters. The van der Waals surface area contributed by atoms with Crippen molar-refractivity contribution < 1.29 is 27.2 Å². The maximum Gasteiger partial charge on any atom is 0.406 e. The summed E-state index contributed by atoms with van der Waals surface area (Å²) in [5, 5.41) is -0.255. The molecule has 0 saturated carbocycles. The molecule has 1 amide bonds. The van der Waals surface area contributed by atoms with Crippen LogP contribution in [0.2, 0.25) is 5.02 Å². The highest BCUT2D eigenvalue weighted by Gasteiger charge is 2.44. The van der Waals surface area contributed by atoms with Crippen molar-refractivity contribution in [2.24, 2.45) is 0 Å². The number of halogens is 5. The van der Waals surface area contributed by atoms with Crippen molar-refractivity contribution in [1.82, 2.24) is 0 Å². The molecule has 0 N–H and O–H groups in total. The van der Waals surface area contributed by atoms with Gasteiger partial charge in [-0.1, -0.05) is 11.6 Å². The maximum atomic E-state index is 13.5. The average molecular weight is 282 g/mol. The monoisotopic (exact) mass is 281 g/mol. The van der Waals surface area contributed by atoms with Gasteiger partial charge in [0.25, 0.3) is 11.7 Å². The Labute approximate surface area is 103 Å². The molecular weight excluding hydrogens is 278 g/mol. The van der Waals surface area contributed by atoms with Crippen LogP contribution in [-0.2, 0) is 4.79 Å². The first-order valence-corrected chi connectivity index (χ1v) is 5.01. The lowest BCUT2D eigenvalue weighted by atomic mass is 10.1. The highest BCUT2D eigenvalue weighted by atomic mass is 35.5. The Hall–Kier alpha value is -1.63. The molecule has 1 aromatic rings. The lowest BCUT2D eigenvalue weighted by Crippen LogP contribution is -2.38. The highest BCUT2D eigenvalue weighted by molar-refractivity contribution is 6.55. The second-order valence-electron chi connectivity index (χ2n) is 3.59. The maximum absolute atomic E-state index is 13.5. The van der Waals surface area contributed by atoms with E-state index in [0.717, 1.165) is 12.1 Å². The third kappa shape index (κ3) is 1.94. The van der Waals surface area contributed by atoms with Crippen LogP contribution in [0, 0.1) is 5.82 Å². The second-order valence-corrected chi connectivity index (χ2v) is 4.00. The zero-order valence-electron chi connectivity index (χ0n) is 8.52. The Bertz CT molecular complexity index is 556. The predicted molar refractivity (Wildman–Crippen MR) is 54.1 cm³/mol. The molecule has 3 nitrogen and oxygen atoms in total. The lowest BCUT2D eigenvalue weighted by molar-refractivity contribution is -0.129. The van der Waals surface area contributed by atoms with E-state index >= 15 is 0 Å². The number of alkyl halides is 3. The Balaban J connectivity index is 2.58. The summed E-state index contributed by atoms with van der Waals surface area (Å²) in [6.45, 7) is -1.73. The topological polar surface area (TPSA) is 37.4 Å². The summed E-state index contributed by atoms with van der Waals surface area (Å²) in [6, 6.07) is 1.81. The van der Waals surface area contributed by atoms with E-state index in [-0.39, 0.29) is 9.92 Å². The van der Waals surface area contributed by atoms with Crippen LogP contribution in [0.25, 0.3) is 0 Å². The minimum Gasteiger partial charge on any atom is -0.293 e. The van der Waals surface area contributed by atoms with E-state index in [1.54, 1.807) is 0 Å². The number of nitrogens with zero attached hydrogens (tertiary/aromatic N) is 1. The number of anilines is 1. The number of rotatable bonds is 1. The summed E-state index contributed by atoms with van der Waals surface area (Å²) in [7, 11) is 0. The third-order valence-corrected chi connectivity index (χ3v) is 2.67. The van der Waals surface area contributed by atoms with Gasteiger partial charge in [-0.25, -0.2) is 4.39 Å². The predicted octanol–water partition coefficient (Wildman–Crippen LogP) is 2.57. The Kier molecular flexibility index (Phi) is 2.81. The number of hydrogen-bond acceptors (Lipinski definition) is 2. The first kappa shape index (κ1) is 12.8. The molecule has 8 heteroatoms. The number of fused-ring (bicyclic) bond motifs is 1. The number of ketones is 1. The third-order valence-electron chi connectivity index (χ3n) is 2.35. The molecular formula is C10H4ClF4NO2. The Morgan fingerprint density at radius 3 is 2.39 bits per heavy atom. The summed E-state index contributed by atoms with van der Waals surface area (Å²) < 4.78 is 50.3. The Morgan fingerprint density at radius 2 is 1.83 bits per heavy atom. The van der Waals surface area contributed by atoms with E-state index in [2.05, 4.69) is 0 Å². The van der Waals surface area contributed by atoms with Crippen molar-refractivity contribution >= 4 is 29.0 Å². The van der Waals surface area contributed by atoms with Gasteiger partial charge in [-0.05, 0) is 12.1 Å². The van der Waals surface area contributed by atoms with Crippen LogP contribution in [0.5, 0.6) is 0 Å². The normalized spacial score (nSPS) is 15.3. The fourth-order valence-electron chi connectivity index (χ4n) is 1.68. The van der Waals surface area contributed by atoms with Gasteiger partial charge < -0.3 is 0 Å². The van der Waals surface area contributed by atoms with Crippen molar-refractivity contribution in [3.63, 3.8) is 0 Å². The first-order valence-electron chi connectivity index (χ1n) is 4.63. The number of amides is 1. The van der Waals surface area contributed by atoms with Gasteiger partial charge in [0.1, 0.15) is 12.4 Å². The quantitative estimate of drug-likeness (QED) is 0.586. The van der Waals surface area contributed by atoms with Crippen LogP contribution in [-0.4, -0.2) is 24.4 Å². The van der Waals surface area contributed by atoms with E-state index in [1.807, 2.05) is 0 Å². The van der Waals surface area contributed by atoms with Gasteiger partial charge in [0, 0.05) is 0 Å². The standard InChI is InChI=1S/C10H4ClF4NO2/c11-4-1-2-5(12)7-6(4)8(17)9(18)16(7)3-10(13,14)15/h1-2H,3H2. The molecule has 0 fully saturated rings. The smallest absolute Gasteiger partial charge is 0.293 e. The molecule has 1 aromatic carbocycles. The first-order chi connectivity index (χ1) is 8.22. The van der Waals surface area contributed by atoms with Gasteiger partial charge >= 0.3 is 6.18 Å². The minimum atomic E-state index is -4.74. The number of hydrogen-bond donors (Lipinski definition) is 0. The molecule has 0 spiro atoms. The molecule has 0 atom stereocenters. The van der Waals surface area contributed by atoms with Gasteiger partial charge in [0.05, 0.1) is 16.3 Å². The summed E-state index contributed by atoms with van der Waals surface area (Å²) in [5.41, 5.74) is -1.24. The largest absolute Gasteiger partial charge is 0.406 e. The molecule has 2 rings (SSSR count). The van der Waals surface area contributed by atoms with Crippen LogP contribution < -0.4 is 4.90 Å². The van der Waals surface area contributed by atoms with Crippen LogP contribution in [0.1, 0.15) is 10.4 Å². The molecule has 1 aliphatic rings. The van der Waals surface area contributed by atoms with Crippen LogP contribution in [0.15, 0.2) is 12.1 Å². The fraction of sp³-hybridized carbons (Fsp3) is 0.200. The van der Waals surface area contributed by atoms with E-state index in [0.29, 0.717) is 0 Å². The number of carbonyl (C=O) groups is 2.